The molecule has 1 aliphatic rings. The van der Waals surface area contributed by atoms with Gasteiger partial charge in [0.1, 0.15) is 0 Å². The minimum Gasteiger partial charge on any atom is -0.369 e. The highest BCUT2D eigenvalue weighted by molar-refractivity contribution is 7.13. The number of amides is 3. The van der Waals surface area contributed by atoms with Crippen LogP contribution in [0.15, 0.2) is 5.38 Å². The summed E-state index contributed by atoms with van der Waals surface area (Å²) in [4.78, 5) is 40.1. The molecule has 0 saturated carbocycles. The van der Waals surface area contributed by atoms with E-state index < -0.39 is 0 Å². The highest BCUT2D eigenvalue weighted by Crippen LogP contribution is 2.19. The second-order valence-electron chi connectivity index (χ2n) is 5.06. The summed E-state index contributed by atoms with van der Waals surface area (Å²) in [6.07, 6.45) is 1.45. The van der Waals surface area contributed by atoms with Crippen molar-refractivity contribution >= 4 is 34.2 Å². The lowest BCUT2D eigenvalue weighted by Crippen LogP contribution is -2.42. The van der Waals surface area contributed by atoms with Gasteiger partial charge in [0.05, 0.1) is 12.1 Å². The Morgan fingerprint density at radius 1 is 1.43 bits per heavy atom. The van der Waals surface area contributed by atoms with Gasteiger partial charge < -0.3 is 16.0 Å². The minimum absolute atomic E-state index is 0.0161. The zero-order valence-corrected chi connectivity index (χ0v) is 12.6. The number of hydrogen-bond donors (Lipinski definition) is 2. The number of likely N-dealkylation sites (tertiary alicyclic amines) is 1. The maximum Gasteiger partial charge on any atom is 0.228 e. The number of thiazole rings is 1. The van der Waals surface area contributed by atoms with E-state index in [9.17, 15) is 14.4 Å². The van der Waals surface area contributed by atoms with Gasteiger partial charge in [-0.3, -0.25) is 14.4 Å². The molecule has 7 nitrogen and oxygen atoms in total. The number of nitrogens with two attached hydrogens (primary N) is 1. The van der Waals surface area contributed by atoms with Crippen molar-refractivity contribution in [3.63, 3.8) is 0 Å². The maximum atomic E-state index is 12.2. The smallest absolute Gasteiger partial charge is 0.228 e. The van der Waals surface area contributed by atoms with Crippen LogP contribution in [-0.2, 0) is 20.8 Å². The molecule has 0 unspecified atom stereocenters. The van der Waals surface area contributed by atoms with Gasteiger partial charge in [-0.2, -0.15) is 0 Å². The Bertz CT molecular complexity index is 549. The third-order valence-electron chi connectivity index (χ3n) is 3.42. The molecular formula is C13H18N4O3S. The number of nitrogens with zero attached hydrogens (tertiary/aromatic N) is 2. The SMILES string of the molecule is CC(=O)Nc1nc(CC(=O)N2CCC(C(N)=O)CC2)cs1. The van der Waals surface area contributed by atoms with Gasteiger partial charge >= 0.3 is 0 Å². The Hall–Kier alpha value is -1.96. The minimum atomic E-state index is -0.290. The molecule has 8 heteroatoms. The molecule has 0 aliphatic carbocycles. The van der Waals surface area contributed by atoms with E-state index in [2.05, 4.69) is 10.3 Å². The van der Waals surface area contributed by atoms with Gasteiger partial charge in [0.25, 0.3) is 0 Å². The molecule has 2 heterocycles. The van der Waals surface area contributed by atoms with Crippen molar-refractivity contribution in [3.8, 4) is 0 Å². The summed E-state index contributed by atoms with van der Waals surface area (Å²) in [5, 5.41) is 4.85. The van der Waals surface area contributed by atoms with Crippen molar-refractivity contribution < 1.29 is 14.4 Å². The van der Waals surface area contributed by atoms with Gasteiger partial charge in [0, 0.05) is 31.3 Å². The number of piperidine rings is 1. The quantitative estimate of drug-likeness (QED) is 0.838. The predicted octanol–water partition coefficient (Wildman–Crippen LogP) is 0.368. The van der Waals surface area contributed by atoms with E-state index in [1.807, 2.05) is 0 Å². The third-order valence-corrected chi connectivity index (χ3v) is 4.22. The Morgan fingerprint density at radius 2 is 2.10 bits per heavy atom. The van der Waals surface area contributed by atoms with E-state index in [0.717, 1.165) is 0 Å². The number of anilines is 1. The summed E-state index contributed by atoms with van der Waals surface area (Å²) in [6.45, 7) is 2.51. The Morgan fingerprint density at radius 3 is 2.67 bits per heavy atom. The summed E-state index contributed by atoms with van der Waals surface area (Å²) in [7, 11) is 0. The lowest BCUT2D eigenvalue weighted by Gasteiger charge is -2.30. The summed E-state index contributed by atoms with van der Waals surface area (Å²) >= 11 is 1.30. The van der Waals surface area contributed by atoms with Crippen LogP contribution in [0, 0.1) is 5.92 Å². The molecule has 1 fully saturated rings. The zero-order chi connectivity index (χ0) is 15.4. The molecule has 3 N–H and O–H groups in total. The van der Waals surface area contributed by atoms with Crippen LogP contribution in [0.25, 0.3) is 0 Å². The van der Waals surface area contributed by atoms with Crippen LogP contribution in [0.2, 0.25) is 0 Å². The van der Waals surface area contributed by atoms with Crippen molar-refractivity contribution in [2.75, 3.05) is 18.4 Å². The molecule has 1 aromatic heterocycles. The molecule has 21 heavy (non-hydrogen) atoms. The van der Waals surface area contributed by atoms with Crippen LogP contribution in [0.1, 0.15) is 25.5 Å². The normalized spacial score (nSPS) is 15.8. The van der Waals surface area contributed by atoms with E-state index >= 15 is 0 Å². The molecule has 0 bridgehead atoms. The van der Waals surface area contributed by atoms with Crippen molar-refractivity contribution in [2.45, 2.75) is 26.2 Å². The highest BCUT2D eigenvalue weighted by atomic mass is 32.1. The molecule has 3 amide bonds. The van der Waals surface area contributed by atoms with Crippen LogP contribution < -0.4 is 11.1 Å². The van der Waals surface area contributed by atoms with Crippen LogP contribution in [0.4, 0.5) is 5.13 Å². The third kappa shape index (κ3) is 4.25. The first kappa shape index (κ1) is 15.4. The van der Waals surface area contributed by atoms with Gasteiger partial charge in [-0.25, -0.2) is 4.98 Å². The standard InChI is InChI=1S/C13H18N4O3S/c1-8(18)15-13-16-10(7-21-13)6-11(19)17-4-2-9(3-5-17)12(14)20/h7,9H,2-6H2,1H3,(H2,14,20)(H,15,16,18). The first-order chi connectivity index (χ1) is 9.95. The average molecular weight is 310 g/mol. The van der Waals surface area contributed by atoms with Crippen molar-refractivity contribution in [1.82, 2.24) is 9.88 Å². The molecule has 0 aromatic carbocycles. The molecule has 1 aliphatic heterocycles. The molecular weight excluding hydrogens is 292 g/mol. The molecule has 0 spiro atoms. The van der Waals surface area contributed by atoms with Crippen molar-refractivity contribution in [2.24, 2.45) is 11.7 Å². The number of carbonyl (C=O) groups excluding carboxylic acids is 3. The zero-order valence-electron chi connectivity index (χ0n) is 11.8. The van der Waals surface area contributed by atoms with Gasteiger partial charge in [-0.15, -0.1) is 11.3 Å². The monoisotopic (exact) mass is 310 g/mol. The fourth-order valence-corrected chi connectivity index (χ4v) is 3.03. The number of hydrogen-bond acceptors (Lipinski definition) is 5. The number of primary amides is 1. The average Bonchev–Trinajstić information content (AvgIpc) is 2.85. The summed E-state index contributed by atoms with van der Waals surface area (Å²) in [5.41, 5.74) is 5.91. The Balaban J connectivity index is 1.86. The van der Waals surface area contributed by atoms with Crippen LogP contribution >= 0.6 is 11.3 Å². The predicted molar refractivity (Wildman–Crippen MR) is 78.6 cm³/mol. The lowest BCUT2D eigenvalue weighted by atomic mass is 9.96. The molecule has 1 aromatic rings. The van der Waals surface area contributed by atoms with Gasteiger partial charge in [0.15, 0.2) is 5.13 Å². The van der Waals surface area contributed by atoms with Gasteiger partial charge in [-0.05, 0) is 12.8 Å². The van der Waals surface area contributed by atoms with Crippen LogP contribution in [0.5, 0.6) is 0 Å². The second-order valence-corrected chi connectivity index (χ2v) is 5.92. The van der Waals surface area contributed by atoms with Crippen molar-refractivity contribution in [3.05, 3.63) is 11.1 Å². The Kier molecular flexibility index (Phi) is 4.89. The van der Waals surface area contributed by atoms with Crippen molar-refractivity contribution in [1.29, 1.82) is 0 Å². The van der Waals surface area contributed by atoms with E-state index in [1.54, 1.807) is 10.3 Å². The number of carbonyl (C=O) groups is 3. The molecule has 0 atom stereocenters. The van der Waals surface area contributed by atoms with Crippen LogP contribution in [0.3, 0.4) is 0 Å². The molecule has 1 saturated heterocycles. The Labute approximate surface area is 126 Å². The number of aromatic nitrogens is 1. The van der Waals surface area contributed by atoms with Gasteiger partial charge in [-0.1, -0.05) is 0 Å². The fourth-order valence-electron chi connectivity index (χ4n) is 2.28. The highest BCUT2D eigenvalue weighted by Gasteiger charge is 2.26. The van der Waals surface area contributed by atoms with E-state index in [0.29, 0.717) is 36.8 Å². The largest absolute Gasteiger partial charge is 0.369 e. The summed E-state index contributed by atoms with van der Waals surface area (Å²) in [6, 6.07) is 0. The second kappa shape index (κ2) is 6.66. The maximum absolute atomic E-state index is 12.2. The van der Waals surface area contributed by atoms with Crippen LogP contribution in [-0.4, -0.2) is 40.7 Å². The van der Waals surface area contributed by atoms with E-state index in [-0.39, 0.29) is 30.1 Å². The van der Waals surface area contributed by atoms with E-state index in [1.165, 1.54) is 18.3 Å². The lowest BCUT2D eigenvalue weighted by molar-refractivity contribution is -0.134. The molecule has 2 rings (SSSR count). The summed E-state index contributed by atoms with van der Waals surface area (Å²) < 4.78 is 0. The summed E-state index contributed by atoms with van der Waals surface area (Å²) in [5.74, 6) is -0.616. The number of nitrogens with one attached hydrogen (secondary N) is 1. The first-order valence-electron chi connectivity index (χ1n) is 6.75. The van der Waals surface area contributed by atoms with Gasteiger partial charge in [0.2, 0.25) is 17.7 Å². The van der Waals surface area contributed by atoms with E-state index in [4.69, 9.17) is 5.73 Å². The number of rotatable bonds is 4. The molecule has 0 radical (unpaired) electrons. The fraction of sp³-hybridized carbons (Fsp3) is 0.538. The topological polar surface area (TPSA) is 105 Å². The first-order valence-corrected chi connectivity index (χ1v) is 7.62. The molecule has 114 valence electrons.